The van der Waals surface area contributed by atoms with Gasteiger partial charge in [-0.25, -0.2) is 0 Å². The summed E-state index contributed by atoms with van der Waals surface area (Å²) in [5.41, 5.74) is -0.474. The molecule has 1 amide bonds. The first-order valence-electron chi connectivity index (χ1n) is 9.60. The lowest BCUT2D eigenvalue weighted by atomic mass is 9.99. The minimum absolute atomic E-state index is 0.163. The van der Waals surface area contributed by atoms with Crippen LogP contribution < -0.4 is 10.1 Å². The first kappa shape index (κ1) is 23.7. The van der Waals surface area contributed by atoms with E-state index < -0.39 is 5.60 Å². The number of hydrogen-bond acceptors (Lipinski definition) is 4. The molecule has 0 aliphatic rings. The van der Waals surface area contributed by atoms with Gasteiger partial charge in [-0.3, -0.25) is 4.79 Å². The Bertz CT molecular complexity index is 606. The molecule has 0 radical (unpaired) electrons. The molecule has 0 heterocycles. The summed E-state index contributed by atoms with van der Waals surface area (Å²) in [4.78, 5) is 12.7. The second-order valence-electron chi connectivity index (χ2n) is 7.49. The molecule has 6 heteroatoms. The van der Waals surface area contributed by atoms with Gasteiger partial charge in [0.2, 0.25) is 0 Å². The molecule has 1 rings (SSSR count). The molecule has 0 spiro atoms. The van der Waals surface area contributed by atoms with Gasteiger partial charge in [0.05, 0.1) is 17.2 Å². The van der Waals surface area contributed by atoms with Crippen molar-refractivity contribution in [3.8, 4) is 5.75 Å². The van der Waals surface area contributed by atoms with Crippen LogP contribution in [0.2, 0.25) is 5.02 Å². The maximum absolute atomic E-state index is 12.7. The Morgan fingerprint density at radius 2 is 1.81 bits per heavy atom. The SMILES string of the molecule is CCCOC(C)(CCC)C(=O)Nc1ccc(OCCC(C)(C)OC)c(Cl)c1. The number of rotatable bonds is 12. The van der Waals surface area contributed by atoms with Gasteiger partial charge < -0.3 is 19.5 Å². The van der Waals surface area contributed by atoms with E-state index in [9.17, 15) is 4.79 Å². The Kier molecular flexibility index (Phi) is 9.57. The first-order chi connectivity index (χ1) is 12.7. The molecule has 0 aliphatic heterocycles. The standard InChI is InChI=1S/C21H34ClNO4/c1-7-11-21(5,27-13-8-2)19(24)23-16-9-10-18(17(22)15-16)26-14-12-20(3,4)25-6/h9-10,15H,7-8,11-14H2,1-6H3,(H,23,24). The minimum atomic E-state index is -0.849. The molecule has 154 valence electrons. The largest absolute Gasteiger partial charge is 0.492 e. The smallest absolute Gasteiger partial charge is 0.256 e. The normalized spacial score (nSPS) is 13.9. The number of carbonyl (C=O) groups is 1. The predicted molar refractivity (Wildman–Crippen MR) is 111 cm³/mol. The van der Waals surface area contributed by atoms with Gasteiger partial charge in [0.15, 0.2) is 0 Å². The van der Waals surface area contributed by atoms with Gasteiger partial charge in [0.25, 0.3) is 5.91 Å². The third-order valence-corrected chi connectivity index (χ3v) is 4.83. The number of carbonyl (C=O) groups excluding carboxylic acids is 1. The number of nitrogens with one attached hydrogen (secondary N) is 1. The molecule has 1 aromatic rings. The summed E-state index contributed by atoms with van der Waals surface area (Å²) in [5.74, 6) is 0.421. The van der Waals surface area contributed by atoms with Gasteiger partial charge in [-0.15, -0.1) is 0 Å². The molecule has 0 saturated heterocycles. The molecular weight excluding hydrogens is 366 g/mol. The van der Waals surface area contributed by atoms with E-state index in [-0.39, 0.29) is 11.5 Å². The molecule has 0 aliphatic carbocycles. The van der Waals surface area contributed by atoms with Crippen molar-refractivity contribution in [3.63, 3.8) is 0 Å². The lowest BCUT2D eigenvalue weighted by molar-refractivity contribution is -0.140. The van der Waals surface area contributed by atoms with Crippen molar-refractivity contribution in [2.75, 3.05) is 25.6 Å². The van der Waals surface area contributed by atoms with E-state index in [1.165, 1.54) is 0 Å². The highest BCUT2D eigenvalue weighted by Gasteiger charge is 2.33. The number of benzene rings is 1. The summed E-state index contributed by atoms with van der Waals surface area (Å²) >= 11 is 6.32. The van der Waals surface area contributed by atoms with Crippen LogP contribution in [0.5, 0.6) is 5.75 Å². The Morgan fingerprint density at radius 1 is 1.11 bits per heavy atom. The fourth-order valence-electron chi connectivity index (χ4n) is 2.52. The van der Waals surface area contributed by atoms with Crippen molar-refractivity contribution in [2.24, 2.45) is 0 Å². The van der Waals surface area contributed by atoms with Crippen molar-refractivity contribution in [1.82, 2.24) is 0 Å². The number of methoxy groups -OCH3 is 1. The molecule has 0 aromatic heterocycles. The Hall–Kier alpha value is -1.30. The maximum Gasteiger partial charge on any atom is 0.256 e. The topological polar surface area (TPSA) is 56.8 Å². The molecular formula is C21H34ClNO4. The van der Waals surface area contributed by atoms with Crippen molar-refractivity contribution in [3.05, 3.63) is 23.2 Å². The zero-order chi connectivity index (χ0) is 20.5. The van der Waals surface area contributed by atoms with Gasteiger partial charge in [0.1, 0.15) is 11.4 Å². The summed E-state index contributed by atoms with van der Waals surface area (Å²) in [7, 11) is 1.68. The highest BCUT2D eigenvalue weighted by molar-refractivity contribution is 6.32. The number of anilines is 1. The van der Waals surface area contributed by atoms with E-state index in [0.717, 1.165) is 19.3 Å². The predicted octanol–water partition coefficient (Wildman–Crippen LogP) is 5.46. The molecule has 1 unspecified atom stereocenters. The first-order valence-corrected chi connectivity index (χ1v) is 9.98. The van der Waals surface area contributed by atoms with Crippen LogP contribution in [-0.4, -0.2) is 37.4 Å². The van der Waals surface area contributed by atoms with Crippen LogP contribution >= 0.6 is 11.6 Å². The van der Waals surface area contributed by atoms with Crippen molar-refractivity contribution in [2.45, 2.75) is 71.5 Å². The van der Waals surface area contributed by atoms with Crippen LogP contribution in [0.1, 0.15) is 60.3 Å². The van der Waals surface area contributed by atoms with Crippen LogP contribution in [0.15, 0.2) is 18.2 Å². The molecule has 1 atom stereocenters. The molecule has 5 nitrogen and oxygen atoms in total. The summed E-state index contributed by atoms with van der Waals surface area (Å²) in [5, 5.41) is 3.36. The van der Waals surface area contributed by atoms with Gasteiger partial charge in [-0.2, -0.15) is 0 Å². The van der Waals surface area contributed by atoms with Gasteiger partial charge in [-0.1, -0.05) is 31.9 Å². The molecule has 0 bridgehead atoms. The van der Waals surface area contributed by atoms with E-state index in [0.29, 0.717) is 36.1 Å². The number of ether oxygens (including phenoxy) is 3. The quantitative estimate of drug-likeness (QED) is 0.507. The fraction of sp³-hybridized carbons (Fsp3) is 0.667. The molecule has 27 heavy (non-hydrogen) atoms. The van der Waals surface area contributed by atoms with Crippen LogP contribution in [0.25, 0.3) is 0 Å². The van der Waals surface area contributed by atoms with Crippen molar-refractivity contribution < 1.29 is 19.0 Å². The van der Waals surface area contributed by atoms with E-state index in [1.807, 2.05) is 34.6 Å². The van der Waals surface area contributed by atoms with Gasteiger partial charge in [-0.05, 0) is 51.8 Å². The molecule has 0 fully saturated rings. The minimum Gasteiger partial charge on any atom is -0.492 e. The molecule has 1 N–H and O–H groups in total. The lowest BCUT2D eigenvalue weighted by Crippen LogP contribution is -2.43. The number of amides is 1. The van der Waals surface area contributed by atoms with E-state index >= 15 is 0 Å². The number of halogens is 1. The van der Waals surface area contributed by atoms with Crippen LogP contribution in [0.3, 0.4) is 0 Å². The second kappa shape index (κ2) is 10.9. The highest BCUT2D eigenvalue weighted by atomic mass is 35.5. The summed E-state index contributed by atoms with van der Waals surface area (Å²) < 4.78 is 16.9. The van der Waals surface area contributed by atoms with Crippen molar-refractivity contribution >= 4 is 23.2 Å². The van der Waals surface area contributed by atoms with E-state index in [1.54, 1.807) is 25.3 Å². The average Bonchev–Trinajstić information content (AvgIpc) is 2.62. The monoisotopic (exact) mass is 399 g/mol. The average molecular weight is 400 g/mol. The van der Waals surface area contributed by atoms with Crippen molar-refractivity contribution in [1.29, 1.82) is 0 Å². The van der Waals surface area contributed by atoms with E-state index in [2.05, 4.69) is 5.32 Å². The summed E-state index contributed by atoms with van der Waals surface area (Å²) in [6, 6.07) is 5.25. The van der Waals surface area contributed by atoms with Gasteiger partial charge >= 0.3 is 0 Å². The third kappa shape index (κ3) is 7.68. The summed E-state index contributed by atoms with van der Waals surface area (Å²) in [6.07, 6.45) is 3.12. The second-order valence-corrected chi connectivity index (χ2v) is 7.90. The fourth-order valence-corrected chi connectivity index (χ4v) is 2.76. The Labute approximate surface area is 168 Å². The van der Waals surface area contributed by atoms with Crippen LogP contribution in [0, 0.1) is 0 Å². The molecule has 1 aromatic carbocycles. The lowest BCUT2D eigenvalue weighted by Gasteiger charge is -2.28. The molecule has 0 saturated carbocycles. The van der Waals surface area contributed by atoms with Crippen LogP contribution in [-0.2, 0) is 14.3 Å². The van der Waals surface area contributed by atoms with Crippen LogP contribution in [0.4, 0.5) is 5.69 Å². The van der Waals surface area contributed by atoms with Gasteiger partial charge in [0, 0.05) is 25.8 Å². The maximum atomic E-state index is 12.7. The Balaban J connectivity index is 2.73. The Morgan fingerprint density at radius 3 is 2.37 bits per heavy atom. The third-order valence-electron chi connectivity index (χ3n) is 4.54. The zero-order valence-electron chi connectivity index (χ0n) is 17.5. The highest BCUT2D eigenvalue weighted by Crippen LogP contribution is 2.29. The summed E-state index contributed by atoms with van der Waals surface area (Å²) in [6.45, 7) is 10.9. The van der Waals surface area contributed by atoms with E-state index in [4.69, 9.17) is 25.8 Å². The number of hydrogen-bond donors (Lipinski definition) is 1. The zero-order valence-corrected chi connectivity index (χ0v) is 18.2.